The van der Waals surface area contributed by atoms with E-state index in [1.165, 1.54) is 0 Å². The van der Waals surface area contributed by atoms with Crippen molar-refractivity contribution >= 4 is 5.78 Å². The number of Topliss-reactive ketones (excluding diaryl/α,β-unsaturated/α-hetero) is 1. The van der Waals surface area contributed by atoms with Crippen LogP contribution < -0.4 is 0 Å². The summed E-state index contributed by atoms with van der Waals surface area (Å²) in [5.74, 6) is 0.129. The molecule has 1 aromatic carbocycles. The van der Waals surface area contributed by atoms with Crippen molar-refractivity contribution in [2.24, 2.45) is 0 Å². The molecule has 1 aromatic rings. The van der Waals surface area contributed by atoms with E-state index in [1.54, 1.807) is 0 Å². The Balaban J connectivity index is 2.50. The van der Waals surface area contributed by atoms with E-state index in [-0.39, 0.29) is 12.2 Å². The molecule has 0 heterocycles. The van der Waals surface area contributed by atoms with E-state index in [2.05, 4.69) is 0 Å². The zero-order valence-electron chi connectivity index (χ0n) is 8.44. The van der Waals surface area contributed by atoms with Gasteiger partial charge in [0.05, 0.1) is 6.10 Å². The lowest BCUT2D eigenvalue weighted by molar-refractivity contribution is -0.121. The highest BCUT2D eigenvalue weighted by atomic mass is 16.3. The van der Waals surface area contributed by atoms with Crippen LogP contribution in [0.5, 0.6) is 0 Å². The summed E-state index contributed by atoms with van der Waals surface area (Å²) in [7, 11) is 0. The number of benzene rings is 1. The van der Waals surface area contributed by atoms with E-state index in [1.807, 2.05) is 37.3 Å². The van der Waals surface area contributed by atoms with E-state index in [4.69, 9.17) is 0 Å². The van der Waals surface area contributed by atoms with Crippen molar-refractivity contribution in [2.75, 3.05) is 0 Å². The number of aliphatic hydroxyl groups is 1. The molecule has 14 heavy (non-hydrogen) atoms. The first-order chi connectivity index (χ1) is 6.74. The van der Waals surface area contributed by atoms with Gasteiger partial charge in [-0.3, -0.25) is 4.79 Å². The lowest BCUT2D eigenvalue weighted by Gasteiger charge is -2.09. The molecule has 76 valence electrons. The molecule has 1 unspecified atom stereocenters. The van der Waals surface area contributed by atoms with Crippen molar-refractivity contribution in [3.63, 3.8) is 0 Å². The molecule has 1 rings (SSSR count). The van der Waals surface area contributed by atoms with Gasteiger partial charge >= 0.3 is 0 Å². The van der Waals surface area contributed by atoms with Crippen molar-refractivity contribution in [1.82, 2.24) is 0 Å². The summed E-state index contributed by atoms with van der Waals surface area (Å²) in [5, 5.41) is 9.70. The van der Waals surface area contributed by atoms with Crippen LogP contribution in [0.15, 0.2) is 30.3 Å². The maximum absolute atomic E-state index is 11.3. The zero-order chi connectivity index (χ0) is 10.4. The number of carbonyl (C=O) groups is 1. The summed E-state index contributed by atoms with van der Waals surface area (Å²) in [5.41, 5.74) is 0.817. The van der Waals surface area contributed by atoms with Gasteiger partial charge in [0.15, 0.2) is 0 Å². The Kier molecular flexibility index (Phi) is 4.33. The predicted octanol–water partition coefficient (Wildman–Crippen LogP) is 2.48. The second-order valence-corrected chi connectivity index (χ2v) is 3.42. The minimum atomic E-state index is -0.643. The predicted molar refractivity (Wildman–Crippen MR) is 55.9 cm³/mol. The lowest BCUT2D eigenvalue weighted by atomic mass is 10.0. The second-order valence-electron chi connectivity index (χ2n) is 3.42. The maximum Gasteiger partial charge on any atom is 0.135 e. The van der Waals surface area contributed by atoms with E-state index in [0.717, 1.165) is 12.0 Å². The van der Waals surface area contributed by atoms with Gasteiger partial charge in [-0.25, -0.2) is 0 Å². The van der Waals surface area contributed by atoms with Crippen molar-refractivity contribution < 1.29 is 9.90 Å². The molecule has 0 saturated carbocycles. The summed E-state index contributed by atoms with van der Waals surface area (Å²) in [6, 6.07) is 9.30. The van der Waals surface area contributed by atoms with Gasteiger partial charge in [0, 0.05) is 12.8 Å². The lowest BCUT2D eigenvalue weighted by Crippen LogP contribution is -2.05. The van der Waals surface area contributed by atoms with Crippen LogP contribution in [0, 0.1) is 0 Å². The number of hydrogen-bond acceptors (Lipinski definition) is 2. The van der Waals surface area contributed by atoms with Crippen molar-refractivity contribution in [3.05, 3.63) is 35.9 Å². The molecule has 0 fully saturated rings. The molecule has 1 N–H and O–H groups in total. The maximum atomic E-state index is 11.3. The highest BCUT2D eigenvalue weighted by Gasteiger charge is 2.11. The largest absolute Gasteiger partial charge is 0.388 e. The topological polar surface area (TPSA) is 37.3 Å². The molecular weight excluding hydrogens is 176 g/mol. The van der Waals surface area contributed by atoms with E-state index in [0.29, 0.717) is 6.42 Å². The molecule has 0 aromatic heterocycles. The molecule has 1 atom stereocenters. The quantitative estimate of drug-likeness (QED) is 0.778. The normalized spacial score (nSPS) is 12.4. The average Bonchev–Trinajstić information content (AvgIpc) is 2.19. The summed E-state index contributed by atoms with van der Waals surface area (Å²) in [6.45, 7) is 1.97. The molecule has 0 spiro atoms. The molecule has 0 saturated heterocycles. The van der Waals surface area contributed by atoms with Crippen molar-refractivity contribution in [2.45, 2.75) is 32.3 Å². The minimum absolute atomic E-state index is 0.129. The third-order valence-electron chi connectivity index (χ3n) is 2.13. The molecule has 0 aliphatic heterocycles. The summed E-state index contributed by atoms with van der Waals surface area (Å²) < 4.78 is 0. The minimum Gasteiger partial charge on any atom is -0.388 e. The fourth-order valence-electron chi connectivity index (χ4n) is 1.39. The van der Waals surface area contributed by atoms with Gasteiger partial charge in [0.2, 0.25) is 0 Å². The van der Waals surface area contributed by atoms with Crippen LogP contribution in [0.4, 0.5) is 0 Å². The summed E-state index contributed by atoms with van der Waals surface area (Å²) >= 11 is 0. The Bertz CT molecular complexity index is 280. The number of carbonyl (C=O) groups excluding carboxylic acids is 1. The smallest absolute Gasteiger partial charge is 0.135 e. The van der Waals surface area contributed by atoms with Crippen molar-refractivity contribution in [3.8, 4) is 0 Å². The Morgan fingerprint density at radius 1 is 1.36 bits per heavy atom. The monoisotopic (exact) mass is 192 g/mol. The van der Waals surface area contributed by atoms with Crippen molar-refractivity contribution in [1.29, 1.82) is 0 Å². The van der Waals surface area contributed by atoms with Crippen LogP contribution in [0.25, 0.3) is 0 Å². The standard InChI is InChI=1S/C12H16O2/c1-2-6-11(13)9-12(14)10-7-4-3-5-8-10/h3-5,7-8,12,14H,2,6,9H2,1H3. The molecule has 2 heteroatoms. The number of ketones is 1. The van der Waals surface area contributed by atoms with Gasteiger partial charge in [-0.2, -0.15) is 0 Å². The van der Waals surface area contributed by atoms with Gasteiger partial charge in [0.25, 0.3) is 0 Å². The number of hydrogen-bond donors (Lipinski definition) is 1. The fourth-order valence-corrected chi connectivity index (χ4v) is 1.39. The van der Waals surface area contributed by atoms with Crippen LogP contribution in [-0.4, -0.2) is 10.9 Å². The first-order valence-corrected chi connectivity index (χ1v) is 4.98. The van der Waals surface area contributed by atoms with Gasteiger partial charge in [-0.1, -0.05) is 37.3 Å². The Morgan fingerprint density at radius 3 is 2.57 bits per heavy atom. The molecule has 0 radical (unpaired) electrons. The first kappa shape index (κ1) is 10.9. The second kappa shape index (κ2) is 5.55. The molecule has 2 nitrogen and oxygen atoms in total. The SMILES string of the molecule is CCCC(=O)CC(O)c1ccccc1. The third-order valence-corrected chi connectivity index (χ3v) is 2.13. The van der Waals surface area contributed by atoms with Gasteiger partial charge in [0.1, 0.15) is 5.78 Å². The Labute approximate surface area is 84.6 Å². The number of rotatable bonds is 5. The summed E-state index contributed by atoms with van der Waals surface area (Å²) in [4.78, 5) is 11.3. The van der Waals surface area contributed by atoms with E-state index in [9.17, 15) is 9.90 Å². The molecule has 0 bridgehead atoms. The van der Waals surface area contributed by atoms with Gasteiger partial charge < -0.3 is 5.11 Å². The molecular formula is C12H16O2. The fraction of sp³-hybridized carbons (Fsp3) is 0.417. The third kappa shape index (κ3) is 3.30. The first-order valence-electron chi connectivity index (χ1n) is 4.98. The molecule has 0 aliphatic rings. The Morgan fingerprint density at radius 2 is 2.00 bits per heavy atom. The highest BCUT2D eigenvalue weighted by Crippen LogP contribution is 2.17. The number of aliphatic hydroxyl groups excluding tert-OH is 1. The zero-order valence-corrected chi connectivity index (χ0v) is 8.44. The van der Waals surface area contributed by atoms with Crippen LogP contribution >= 0.6 is 0 Å². The summed E-state index contributed by atoms with van der Waals surface area (Å²) in [6.07, 6.45) is 0.998. The van der Waals surface area contributed by atoms with Gasteiger partial charge in [-0.15, -0.1) is 0 Å². The van der Waals surface area contributed by atoms with Crippen LogP contribution in [0.2, 0.25) is 0 Å². The van der Waals surface area contributed by atoms with Crippen LogP contribution in [-0.2, 0) is 4.79 Å². The van der Waals surface area contributed by atoms with E-state index < -0.39 is 6.10 Å². The van der Waals surface area contributed by atoms with Crippen LogP contribution in [0.1, 0.15) is 37.9 Å². The molecule has 0 aliphatic carbocycles. The Hall–Kier alpha value is -1.15. The van der Waals surface area contributed by atoms with E-state index >= 15 is 0 Å². The molecule has 0 amide bonds. The highest BCUT2D eigenvalue weighted by molar-refractivity contribution is 5.78. The average molecular weight is 192 g/mol. The van der Waals surface area contributed by atoms with Gasteiger partial charge in [-0.05, 0) is 12.0 Å². The van der Waals surface area contributed by atoms with Crippen LogP contribution in [0.3, 0.4) is 0 Å².